The second kappa shape index (κ2) is 8.17. The highest BCUT2D eigenvalue weighted by Gasteiger charge is 2.34. The minimum atomic E-state index is -0.534. The smallest absolute Gasteiger partial charge is 0.306 e. The summed E-state index contributed by atoms with van der Waals surface area (Å²) in [6.07, 6.45) is 0.00221. The predicted molar refractivity (Wildman–Crippen MR) is 102 cm³/mol. The van der Waals surface area contributed by atoms with Gasteiger partial charge in [0.1, 0.15) is 6.61 Å². The highest BCUT2D eigenvalue weighted by Crippen LogP contribution is 2.22. The number of hydrogen-bond acceptors (Lipinski definition) is 5. The summed E-state index contributed by atoms with van der Waals surface area (Å²) in [6, 6.07) is 12.0. The van der Waals surface area contributed by atoms with E-state index in [1.165, 1.54) is 0 Å². The van der Waals surface area contributed by atoms with E-state index >= 15 is 0 Å². The van der Waals surface area contributed by atoms with Crippen molar-refractivity contribution in [1.82, 2.24) is 4.90 Å². The van der Waals surface area contributed by atoms with Crippen LogP contribution in [0.15, 0.2) is 42.5 Å². The molecule has 0 bridgehead atoms. The number of ether oxygens (including phenoxy) is 1. The maximum atomic E-state index is 12.2. The van der Waals surface area contributed by atoms with E-state index in [4.69, 9.17) is 4.74 Å². The van der Waals surface area contributed by atoms with Gasteiger partial charge in [-0.15, -0.1) is 0 Å². The second-order valence-corrected chi connectivity index (χ2v) is 6.75. The highest BCUT2D eigenvalue weighted by molar-refractivity contribution is 6.21. The number of amides is 2. The number of rotatable bonds is 7. The molecule has 0 atom stereocenters. The van der Waals surface area contributed by atoms with Crippen molar-refractivity contribution >= 4 is 23.6 Å². The molecule has 1 heterocycles. The molecule has 6 heteroatoms. The quantitative estimate of drug-likeness (QED) is 0.419. The Morgan fingerprint density at radius 1 is 0.893 bits per heavy atom. The van der Waals surface area contributed by atoms with Crippen LogP contribution in [0.25, 0.3) is 0 Å². The lowest BCUT2D eigenvalue weighted by molar-refractivity contribution is -0.143. The largest absolute Gasteiger partial charge is 0.464 e. The van der Waals surface area contributed by atoms with Gasteiger partial charge in [-0.3, -0.25) is 24.1 Å². The van der Waals surface area contributed by atoms with Gasteiger partial charge < -0.3 is 4.74 Å². The molecule has 1 aliphatic heterocycles. The molecule has 0 aromatic heterocycles. The molecule has 2 amide bonds. The number of aryl methyl sites for hydroxylation is 2. The number of benzene rings is 2. The molecule has 0 saturated heterocycles. The number of nitrogens with zero attached hydrogens (tertiary/aromatic N) is 1. The van der Waals surface area contributed by atoms with E-state index in [2.05, 4.69) is 0 Å². The van der Waals surface area contributed by atoms with Gasteiger partial charge in [0.15, 0.2) is 5.78 Å². The number of imide groups is 1. The first kappa shape index (κ1) is 19.5. The van der Waals surface area contributed by atoms with Crippen molar-refractivity contribution in [2.24, 2.45) is 0 Å². The maximum Gasteiger partial charge on any atom is 0.306 e. The van der Waals surface area contributed by atoms with E-state index in [1.54, 1.807) is 30.3 Å². The van der Waals surface area contributed by atoms with Crippen LogP contribution in [0.3, 0.4) is 0 Å². The number of carbonyl (C=O) groups excluding carboxylic acids is 4. The van der Waals surface area contributed by atoms with Crippen LogP contribution in [0, 0.1) is 13.8 Å². The second-order valence-electron chi connectivity index (χ2n) is 6.75. The van der Waals surface area contributed by atoms with E-state index in [0.717, 1.165) is 16.0 Å². The molecule has 0 unspecified atom stereocenters. The molecular weight excluding hydrogens is 358 g/mol. The van der Waals surface area contributed by atoms with Gasteiger partial charge in [0, 0.05) is 12.0 Å². The van der Waals surface area contributed by atoms with Crippen molar-refractivity contribution in [2.45, 2.75) is 26.7 Å². The van der Waals surface area contributed by atoms with Crippen LogP contribution in [0.2, 0.25) is 0 Å². The molecule has 1 aliphatic rings. The monoisotopic (exact) mass is 379 g/mol. The fraction of sp³-hybridized carbons (Fsp3) is 0.273. The summed E-state index contributed by atoms with van der Waals surface area (Å²) in [7, 11) is 0. The summed E-state index contributed by atoms with van der Waals surface area (Å²) in [4.78, 5) is 49.6. The van der Waals surface area contributed by atoms with Gasteiger partial charge in [-0.05, 0) is 43.2 Å². The summed E-state index contributed by atoms with van der Waals surface area (Å²) >= 11 is 0. The number of ketones is 1. The summed E-state index contributed by atoms with van der Waals surface area (Å²) in [5, 5.41) is 0. The number of Topliss-reactive ketones (excluding diaryl/α,β-unsaturated/α-hetero) is 1. The predicted octanol–water partition coefficient (Wildman–Crippen LogP) is 3.11. The molecule has 0 radical (unpaired) electrons. The molecule has 0 spiro atoms. The summed E-state index contributed by atoms with van der Waals surface area (Å²) in [5.41, 5.74) is 3.41. The Morgan fingerprint density at radius 3 is 2.14 bits per heavy atom. The Hall–Kier alpha value is -3.28. The molecule has 0 aliphatic carbocycles. The minimum absolute atomic E-state index is 0.0107. The van der Waals surface area contributed by atoms with Gasteiger partial charge in [-0.25, -0.2) is 0 Å². The topological polar surface area (TPSA) is 80.8 Å². The molecular formula is C22H21NO5. The van der Waals surface area contributed by atoms with Crippen molar-refractivity contribution in [1.29, 1.82) is 0 Å². The molecule has 0 N–H and O–H groups in total. The lowest BCUT2D eigenvalue weighted by Crippen LogP contribution is -2.33. The molecule has 2 aromatic carbocycles. The van der Waals surface area contributed by atoms with Crippen molar-refractivity contribution in [3.05, 3.63) is 70.3 Å². The third kappa shape index (κ3) is 4.01. The van der Waals surface area contributed by atoms with Gasteiger partial charge in [-0.2, -0.15) is 0 Å². The van der Waals surface area contributed by atoms with E-state index in [-0.39, 0.29) is 43.6 Å². The SMILES string of the molecule is Cc1ccc(C(=O)CCC(=O)OCCN2C(=O)c3ccccc3C2=O)cc1C. The highest BCUT2D eigenvalue weighted by atomic mass is 16.5. The van der Waals surface area contributed by atoms with Crippen molar-refractivity contribution in [3.63, 3.8) is 0 Å². The van der Waals surface area contributed by atoms with E-state index in [1.807, 2.05) is 26.0 Å². The average Bonchev–Trinajstić information content (AvgIpc) is 2.93. The maximum absolute atomic E-state index is 12.2. The van der Waals surface area contributed by atoms with Crippen LogP contribution in [0.1, 0.15) is 55.0 Å². The Bertz CT molecular complexity index is 928. The zero-order valence-electron chi connectivity index (χ0n) is 15.9. The lowest BCUT2D eigenvalue weighted by atomic mass is 10.0. The Kier molecular flexibility index (Phi) is 5.68. The molecule has 144 valence electrons. The summed E-state index contributed by atoms with van der Waals surface area (Å²) < 4.78 is 5.09. The Balaban J connectivity index is 1.45. The molecule has 2 aromatic rings. The number of hydrogen-bond donors (Lipinski definition) is 0. The summed E-state index contributed by atoms with van der Waals surface area (Å²) in [5.74, 6) is -1.43. The van der Waals surface area contributed by atoms with Crippen LogP contribution < -0.4 is 0 Å². The van der Waals surface area contributed by atoms with E-state index < -0.39 is 5.97 Å². The van der Waals surface area contributed by atoms with Gasteiger partial charge in [0.25, 0.3) is 11.8 Å². The van der Waals surface area contributed by atoms with Crippen molar-refractivity contribution < 1.29 is 23.9 Å². The Labute approximate surface area is 163 Å². The lowest BCUT2D eigenvalue weighted by Gasteiger charge is -2.13. The third-order valence-corrected chi connectivity index (χ3v) is 4.84. The zero-order chi connectivity index (χ0) is 20.3. The van der Waals surface area contributed by atoms with Crippen LogP contribution in [-0.4, -0.2) is 41.6 Å². The number of carbonyl (C=O) groups is 4. The molecule has 6 nitrogen and oxygen atoms in total. The van der Waals surface area contributed by atoms with Crippen LogP contribution in [0.4, 0.5) is 0 Å². The van der Waals surface area contributed by atoms with Crippen LogP contribution in [-0.2, 0) is 9.53 Å². The van der Waals surface area contributed by atoms with E-state index in [0.29, 0.717) is 16.7 Å². The fourth-order valence-electron chi connectivity index (χ4n) is 3.04. The molecule has 0 fully saturated rings. The average molecular weight is 379 g/mol. The number of fused-ring (bicyclic) bond motifs is 1. The molecule has 28 heavy (non-hydrogen) atoms. The van der Waals surface area contributed by atoms with Crippen LogP contribution in [0.5, 0.6) is 0 Å². The first-order chi connectivity index (χ1) is 13.4. The Morgan fingerprint density at radius 2 is 1.54 bits per heavy atom. The van der Waals surface area contributed by atoms with Gasteiger partial charge in [-0.1, -0.05) is 24.3 Å². The standard InChI is InChI=1S/C22H21NO5/c1-14-7-8-16(13-15(14)2)19(24)9-10-20(25)28-12-11-23-21(26)17-5-3-4-6-18(17)22(23)27/h3-8,13H,9-12H2,1-2H3. The van der Waals surface area contributed by atoms with Gasteiger partial charge >= 0.3 is 5.97 Å². The molecule has 0 saturated carbocycles. The number of esters is 1. The van der Waals surface area contributed by atoms with Gasteiger partial charge in [0.05, 0.1) is 24.1 Å². The third-order valence-electron chi connectivity index (χ3n) is 4.84. The van der Waals surface area contributed by atoms with Crippen molar-refractivity contribution in [2.75, 3.05) is 13.2 Å². The first-order valence-corrected chi connectivity index (χ1v) is 9.10. The minimum Gasteiger partial charge on any atom is -0.464 e. The zero-order valence-corrected chi connectivity index (χ0v) is 15.9. The van der Waals surface area contributed by atoms with E-state index in [9.17, 15) is 19.2 Å². The van der Waals surface area contributed by atoms with Gasteiger partial charge in [0.2, 0.25) is 0 Å². The van der Waals surface area contributed by atoms with Crippen molar-refractivity contribution in [3.8, 4) is 0 Å². The normalized spacial score (nSPS) is 12.9. The molecule has 3 rings (SSSR count). The first-order valence-electron chi connectivity index (χ1n) is 9.10. The van der Waals surface area contributed by atoms with Crippen LogP contribution >= 0.6 is 0 Å². The summed E-state index contributed by atoms with van der Waals surface area (Å²) in [6.45, 7) is 3.79. The fourth-order valence-corrected chi connectivity index (χ4v) is 3.04.